The summed E-state index contributed by atoms with van der Waals surface area (Å²) in [6, 6.07) is 0. The molecular weight excluding hydrogens is 172 g/mol. The van der Waals surface area contributed by atoms with Crippen LogP contribution in [-0.2, 0) is 0 Å². The molecule has 1 aliphatic heterocycles. The van der Waals surface area contributed by atoms with Crippen LogP contribution in [0.5, 0.6) is 0 Å². The van der Waals surface area contributed by atoms with Crippen molar-refractivity contribution in [2.45, 2.75) is 27.7 Å². The SMILES string of the molecule is CC(C)C(CNCC1CNC1)C(C)C. The van der Waals surface area contributed by atoms with E-state index in [2.05, 4.69) is 38.3 Å². The maximum Gasteiger partial charge on any atom is 0.000394 e. The second-order valence-electron chi connectivity index (χ2n) is 5.33. The van der Waals surface area contributed by atoms with Crippen molar-refractivity contribution in [3.63, 3.8) is 0 Å². The van der Waals surface area contributed by atoms with E-state index in [0.717, 1.165) is 23.7 Å². The highest BCUT2D eigenvalue weighted by atomic mass is 15.0. The van der Waals surface area contributed by atoms with Gasteiger partial charge in [0.15, 0.2) is 0 Å². The van der Waals surface area contributed by atoms with Gasteiger partial charge >= 0.3 is 0 Å². The number of hydrogen-bond acceptors (Lipinski definition) is 2. The third-order valence-corrected chi connectivity index (χ3v) is 3.39. The summed E-state index contributed by atoms with van der Waals surface area (Å²) in [5, 5.41) is 6.91. The molecule has 0 amide bonds. The summed E-state index contributed by atoms with van der Waals surface area (Å²) in [5.74, 6) is 3.29. The third-order valence-electron chi connectivity index (χ3n) is 3.39. The van der Waals surface area contributed by atoms with Gasteiger partial charge in [-0.25, -0.2) is 0 Å². The first-order valence-corrected chi connectivity index (χ1v) is 6.02. The standard InChI is InChI=1S/C12H26N2/c1-9(2)12(10(3)4)8-14-7-11-5-13-6-11/h9-14H,5-8H2,1-4H3. The second-order valence-corrected chi connectivity index (χ2v) is 5.33. The molecule has 0 unspecified atom stereocenters. The lowest BCUT2D eigenvalue weighted by Gasteiger charge is -2.30. The summed E-state index contributed by atoms with van der Waals surface area (Å²) in [7, 11) is 0. The Bertz CT molecular complexity index is 142. The average molecular weight is 198 g/mol. The van der Waals surface area contributed by atoms with Gasteiger partial charge in [0.1, 0.15) is 0 Å². The van der Waals surface area contributed by atoms with Crippen LogP contribution in [0.1, 0.15) is 27.7 Å². The van der Waals surface area contributed by atoms with Crippen molar-refractivity contribution in [1.29, 1.82) is 0 Å². The minimum absolute atomic E-state index is 0.794. The fourth-order valence-corrected chi connectivity index (χ4v) is 2.19. The van der Waals surface area contributed by atoms with Gasteiger partial charge in [0.25, 0.3) is 0 Å². The summed E-state index contributed by atoms with van der Waals surface area (Å²) in [4.78, 5) is 0. The molecule has 0 aromatic rings. The highest BCUT2D eigenvalue weighted by Crippen LogP contribution is 2.19. The maximum absolute atomic E-state index is 3.61. The van der Waals surface area contributed by atoms with E-state index in [9.17, 15) is 0 Å². The van der Waals surface area contributed by atoms with Crippen molar-refractivity contribution < 1.29 is 0 Å². The van der Waals surface area contributed by atoms with Crippen molar-refractivity contribution in [3.8, 4) is 0 Å². The van der Waals surface area contributed by atoms with Gasteiger partial charge in [-0.05, 0) is 30.2 Å². The minimum Gasteiger partial charge on any atom is -0.316 e. The Hall–Kier alpha value is -0.0800. The Kier molecular flexibility index (Phi) is 4.90. The predicted molar refractivity (Wildman–Crippen MR) is 62.4 cm³/mol. The molecule has 0 bridgehead atoms. The molecule has 0 aromatic heterocycles. The Morgan fingerprint density at radius 2 is 1.71 bits per heavy atom. The van der Waals surface area contributed by atoms with Crippen LogP contribution >= 0.6 is 0 Å². The van der Waals surface area contributed by atoms with Gasteiger partial charge in [0.05, 0.1) is 0 Å². The highest BCUT2D eigenvalue weighted by Gasteiger charge is 2.19. The van der Waals surface area contributed by atoms with Crippen LogP contribution < -0.4 is 10.6 Å². The molecule has 1 aliphatic rings. The molecule has 0 saturated carbocycles. The zero-order chi connectivity index (χ0) is 10.6. The normalized spacial score (nSPS) is 18.2. The first-order valence-electron chi connectivity index (χ1n) is 6.02. The quantitative estimate of drug-likeness (QED) is 0.679. The van der Waals surface area contributed by atoms with Crippen molar-refractivity contribution in [3.05, 3.63) is 0 Å². The van der Waals surface area contributed by atoms with E-state index in [1.807, 2.05) is 0 Å². The lowest BCUT2D eigenvalue weighted by molar-refractivity contribution is 0.257. The number of hydrogen-bond donors (Lipinski definition) is 2. The fourth-order valence-electron chi connectivity index (χ4n) is 2.19. The van der Waals surface area contributed by atoms with Crippen LogP contribution in [0.25, 0.3) is 0 Å². The predicted octanol–water partition coefficient (Wildman–Crippen LogP) is 1.72. The summed E-state index contributed by atoms with van der Waals surface area (Å²) in [6.07, 6.45) is 0. The Balaban J connectivity index is 2.12. The minimum atomic E-state index is 0.794. The van der Waals surface area contributed by atoms with E-state index in [1.165, 1.54) is 26.2 Å². The topological polar surface area (TPSA) is 24.1 Å². The first kappa shape index (κ1) is 12.0. The summed E-state index contributed by atoms with van der Waals surface area (Å²) < 4.78 is 0. The molecule has 2 heteroatoms. The van der Waals surface area contributed by atoms with E-state index >= 15 is 0 Å². The highest BCUT2D eigenvalue weighted by molar-refractivity contribution is 4.78. The van der Waals surface area contributed by atoms with Gasteiger partial charge < -0.3 is 10.6 Å². The first-order chi connectivity index (χ1) is 6.61. The molecule has 2 nitrogen and oxygen atoms in total. The molecule has 0 atom stereocenters. The molecular formula is C12H26N2. The molecule has 0 radical (unpaired) electrons. The molecule has 2 N–H and O–H groups in total. The van der Waals surface area contributed by atoms with E-state index in [4.69, 9.17) is 0 Å². The fraction of sp³-hybridized carbons (Fsp3) is 1.00. The van der Waals surface area contributed by atoms with Crippen molar-refractivity contribution >= 4 is 0 Å². The van der Waals surface area contributed by atoms with Gasteiger partial charge in [-0.15, -0.1) is 0 Å². The van der Waals surface area contributed by atoms with Gasteiger partial charge in [-0.1, -0.05) is 27.7 Å². The Labute approximate surface area is 88.8 Å². The molecule has 0 aromatic carbocycles. The van der Waals surface area contributed by atoms with Crippen molar-refractivity contribution in [2.24, 2.45) is 23.7 Å². The van der Waals surface area contributed by atoms with Crippen LogP contribution in [0.4, 0.5) is 0 Å². The monoisotopic (exact) mass is 198 g/mol. The van der Waals surface area contributed by atoms with Gasteiger partial charge in [-0.2, -0.15) is 0 Å². The van der Waals surface area contributed by atoms with Gasteiger partial charge in [0.2, 0.25) is 0 Å². The summed E-state index contributed by atoms with van der Waals surface area (Å²) >= 11 is 0. The van der Waals surface area contributed by atoms with Crippen molar-refractivity contribution in [2.75, 3.05) is 26.2 Å². The van der Waals surface area contributed by atoms with E-state index < -0.39 is 0 Å². The smallest absolute Gasteiger partial charge is 0.000394 e. The zero-order valence-electron chi connectivity index (χ0n) is 10.1. The van der Waals surface area contributed by atoms with Crippen LogP contribution in [0.3, 0.4) is 0 Å². The maximum atomic E-state index is 3.61. The average Bonchev–Trinajstić information content (AvgIpc) is 1.99. The number of rotatable bonds is 6. The van der Waals surface area contributed by atoms with E-state index in [0.29, 0.717) is 0 Å². The van der Waals surface area contributed by atoms with Gasteiger partial charge in [0, 0.05) is 19.6 Å². The summed E-state index contributed by atoms with van der Waals surface area (Å²) in [5.41, 5.74) is 0. The Morgan fingerprint density at radius 1 is 1.14 bits per heavy atom. The van der Waals surface area contributed by atoms with Gasteiger partial charge in [-0.3, -0.25) is 0 Å². The molecule has 1 saturated heterocycles. The molecule has 1 fully saturated rings. The largest absolute Gasteiger partial charge is 0.316 e. The van der Waals surface area contributed by atoms with E-state index in [-0.39, 0.29) is 0 Å². The molecule has 84 valence electrons. The molecule has 0 aliphatic carbocycles. The lowest BCUT2D eigenvalue weighted by Crippen LogP contribution is -2.48. The third kappa shape index (κ3) is 3.58. The number of nitrogens with one attached hydrogen (secondary N) is 2. The van der Waals surface area contributed by atoms with Crippen LogP contribution in [0, 0.1) is 23.7 Å². The lowest BCUT2D eigenvalue weighted by atomic mass is 9.85. The molecule has 0 spiro atoms. The Morgan fingerprint density at radius 3 is 2.07 bits per heavy atom. The second kappa shape index (κ2) is 5.72. The van der Waals surface area contributed by atoms with Crippen molar-refractivity contribution in [1.82, 2.24) is 10.6 Å². The van der Waals surface area contributed by atoms with Crippen LogP contribution in [0.2, 0.25) is 0 Å². The van der Waals surface area contributed by atoms with Crippen LogP contribution in [0.15, 0.2) is 0 Å². The van der Waals surface area contributed by atoms with E-state index in [1.54, 1.807) is 0 Å². The molecule has 1 heterocycles. The van der Waals surface area contributed by atoms with Crippen LogP contribution in [-0.4, -0.2) is 26.2 Å². The zero-order valence-corrected chi connectivity index (χ0v) is 10.1. The summed E-state index contributed by atoms with van der Waals surface area (Å²) in [6.45, 7) is 14.1. The molecule has 14 heavy (non-hydrogen) atoms. The molecule has 1 rings (SSSR count).